The first-order chi connectivity index (χ1) is 15.9. The van der Waals surface area contributed by atoms with Crippen LogP contribution < -0.4 is 10.2 Å². The molecule has 0 spiro atoms. The topological polar surface area (TPSA) is 69.7 Å². The number of benzene rings is 2. The second-order valence-corrected chi connectivity index (χ2v) is 10.8. The standard InChI is InChI=1S/C25H32FN3O3S/c26-21-10-13-24(28-15-3-1-4-16-28)23(19-21)27-25(30)14-9-20-7-11-22(12-8-20)33(31,32)29-17-5-2-6-18-29/h7-8,10-13,19H,1-6,9,14-18H2,(H,27,30). The third-order valence-corrected chi connectivity index (χ3v) is 8.36. The number of carbonyl (C=O) groups excluding carboxylic acids is 1. The number of hydrogen-bond acceptors (Lipinski definition) is 4. The number of anilines is 2. The van der Waals surface area contributed by atoms with Crippen LogP contribution >= 0.6 is 0 Å². The molecule has 8 heteroatoms. The lowest BCUT2D eigenvalue weighted by Crippen LogP contribution is -2.35. The molecule has 1 N–H and O–H groups in total. The van der Waals surface area contributed by atoms with Gasteiger partial charge in [-0.05, 0) is 74.4 Å². The Hall–Kier alpha value is -2.45. The predicted octanol–water partition coefficient (Wildman–Crippen LogP) is 4.56. The molecule has 0 radical (unpaired) electrons. The van der Waals surface area contributed by atoms with Crippen LogP contribution in [0.1, 0.15) is 50.5 Å². The fourth-order valence-corrected chi connectivity index (χ4v) is 6.09. The van der Waals surface area contributed by atoms with E-state index in [2.05, 4.69) is 10.2 Å². The van der Waals surface area contributed by atoms with Gasteiger partial charge >= 0.3 is 0 Å². The number of carbonyl (C=O) groups is 1. The molecule has 0 aliphatic carbocycles. The average molecular weight is 474 g/mol. The first-order valence-electron chi connectivity index (χ1n) is 11.9. The Kier molecular flexibility index (Phi) is 7.65. The van der Waals surface area contributed by atoms with Crippen molar-refractivity contribution in [3.05, 3.63) is 53.8 Å². The van der Waals surface area contributed by atoms with E-state index in [1.54, 1.807) is 34.6 Å². The maximum Gasteiger partial charge on any atom is 0.243 e. The largest absolute Gasteiger partial charge is 0.370 e. The molecule has 2 aliphatic rings. The fourth-order valence-electron chi connectivity index (χ4n) is 4.57. The summed E-state index contributed by atoms with van der Waals surface area (Å²) in [6, 6.07) is 11.3. The Labute approximate surface area is 195 Å². The van der Waals surface area contributed by atoms with Gasteiger partial charge in [-0.3, -0.25) is 4.79 Å². The van der Waals surface area contributed by atoms with Gasteiger partial charge in [0, 0.05) is 32.6 Å². The molecule has 4 rings (SSSR count). The van der Waals surface area contributed by atoms with E-state index in [9.17, 15) is 17.6 Å². The Bertz CT molecular complexity index is 1060. The summed E-state index contributed by atoms with van der Waals surface area (Å²) in [4.78, 5) is 15.1. The Morgan fingerprint density at radius 3 is 2.18 bits per heavy atom. The maximum absolute atomic E-state index is 13.9. The minimum absolute atomic E-state index is 0.191. The van der Waals surface area contributed by atoms with E-state index in [-0.39, 0.29) is 18.1 Å². The van der Waals surface area contributed by atoms with E-state index in [0.717, 1.165) is 56.4 Å². The van der Waals surface area contributed by atoms with Crippen molar-refractivity contribution in [2.24, 2.45) is 0 Å². The summed E-state index contributed by atoms with van der Waals surface area (Å²) >= 11 is 0. The van der Waals surface area contributed by atoms with Crippen LogP contribution in [-0.2, 0) is 21.2 Å². The highest BCUT2D eigenvalue weighted by Gasteiger charge is 2.25. The highest BCUT2D eigenvalue weighted by Crippen LogP contribution is 2.29. The van der Waals surface area contributed by atoms with Crippen molar-refractivity contribution in [2.45, 2.75) is 56.3 Å². The van der Waals surface area contributed by atoms with Crippen molar-refractivity contribution in [3.63, 3.8) is 0 Å². The molecule has 2 aliphatic heterocycles. The van der Waals surface area contributed by atoms with Crippen molar-refractivity contribution in [1.82, 2.24) is 4.31 Å². The molecule has 2 saturated heterocycles. The summed E-state index contributed by atoms with van der Waals surface area (Å²) < 4.78 is 41.0. The van der Waals surface area contributed by atoms with Gasteiger partial charge in [-0.25, -0.2) is 12.8 Å². The van der Waals surface area contributed by atoms with Gasteiger partial charge in [0.1, 0.15) is 5.82 Å². The van der Waals surface area contributed by atoms with Crippen molar-refractivity contribution in [2.75, 3.05) is 36.4 Å². The molecule has 2 aromatic rings. The van der Waals surface area contributed by atoms with Crippen molar-refractivity contribution < 1.29 is 17.6 Å². The molecule has 0 atom stereocenters. The van der Waals surface area contributed by atoms with Gasteiger partial charge in [0.05, 0.1) is 16.3 Å². The van der Waals surface area contributed by atoms with E-state index < -0.39 is 10.0 Å². The summed E-state index contributed by atoms with van der Waals surface area (Å²) in [7, 11) is -3.46. The predicted molar refractivity (Wildman–Crippen MR) is 128 cm³/mol. The van der Waals surface area contributed by atoms with Crippen molar-refractivity contribution in [3.8, 4) is 0 Å². The molecule has 0 bridgehead atoms. The van der Waals surface area contributed by atoms with Gasteiger partial charge < -0.3 is 10.2 Å². The number of nitrogens with zero attached hydrogens (tertiary/aromatic N) is 2. The molecule has 178 valence electrons. The molecular weight excluding hydrogens is 441 g/mol. The summed E-state index contributed by atoms with van der Waals surface area (Å²) in [6.07, 6.45) is 6.95. The molecular formula is C25H32FN3O3S. The SMILES string of the molecule is O=C(CCc1ccc(S(=O)(=O)N2CCCCC2)cc1)Nc1cc(F)ccc1N1CCCCC1. The van der Waals surface area contributed by atoms with Gasteiger partial charge in [-0.2, -0.15) is 4.31 Å². The Morgan fingerprint density at radius 1 is 0.879 bits per heavy atom. The van der Waals surface area contributed by atoms with Crippen LogP contribution in [0.3, 0.4) is 0 Å². The Morgan fingerprint density at radius 2 is 1.52 bits per heavy atom. The molecule has 33 heavy (non-hydrogen) atoms. The van der Waals surface area contributed by atoms with Gasteiger partial charge in [-0.1, -0.05) is 18.6 Å². The summed E-state index contributed by atoms with van der Waals surface area (Å²) in [5.74, 6) is -0.569. The van der Waals surface area contributed by atoms with Crippen LogP contribution in [0.4, 0.5) is 15.8 Å². The first-order valence-corrected chi connectivity index (χ1v) is 13.3. The van der Waals surface area contributed by atoms with Gasteiger partial charge in [0.2, 0.25) is 15.9 Å². The quantitative estimate of drug-likeness (QED) is 0.640. The zero-order valence-electron chi connectivity index (χ0n) is 18.9. The molecule has 2 aromatic carbocycles. The lowest BCUT2D eigenvalue weighted by Gasteiger charge is -2.30. The number of hydrogen-bond donors (Lipinski definition) is 1. The molecule has 6 nitrogen and oxygen atoms in total. The van der Waals surface area contributed by atoms with E-state index in [0.29, 0.717) is 30.1 Å². The van der Waals surface area contributed by atoms with Crippen LogP contribution in [0.25, 0.3) is 0 Å². The van der Waals surface area contributed by atoms with E-state index in [1.165, 1.54) is 18.6 Å². The zero-order valence-corrected chi connectivity index (χ0v) is 19.7. The third-order valence-electron chi connectivity index (χ3n) is 6.45. The number of aryl methyl sites for hydroxylation is 1. The average Bonchev–Trinajstić information content (AvgIpc) is 2.84. The third kappa shape index (κ3) is 5.92. The lowest BCUT2D eigenvalue weighted by atomic mass is 10.1. The minimum atomic E-state index is -3.46. The van der Waals surface area contributed by atoms with Crippen LogP contribution in [0.2, 0.25) is 0 Å². The Balaban J connectivity index is 1.36. The lowest BCUT2D eigenvalue weighted by molar-refractivity contribution is -0.116. The smallest absolute Gasteiger partial charge is 0.243 e. The summed E-state index contributed by atoms with van der Waals surface area (Å²) in [5.41, 5.74) is 2.25. The van der Waals surface area contributed by atoms with Gasteiger partial charge in [-0.15, -0.1) is 0 Å². The molecule has 2 heterocycles. The fraction of sp³-hybridized carbons (Fsp3) is 0.480. The highest BCUT2D eigenvalue weighted by molar-refractivity contribution is 7.89. The second kappa shape index (κ2) is 10.7. The number of nitrogens with one attached hydrogen (secondary N) is 1. The molecule has 0 unspecified atom stereocenters. The number of halogens is 1. The summed E-state index contributed by atoms with van der Waals surface area (Å²) in [5, 5.41) is 2.87. The van der Waals surface area contributed by atoms with Crippen LogP contribution in [-0.4, -0.2) is 44.8 Å². The highest BCUT2D eigenvalue weighted by atomic mass is 32.2. The van der Waals surface area contributed by atoms with Crippen LogP contribution in [0, 0.1) is 5.82 Å². The maximum atomic E-state index is 13.9. The van der Waals surface area contributed by atoms with E-state index in [4.69, 9.17) is 0 Å². The minimum Gasteiger partial charge on any atom is -0.370 e. The number of amides is 1. The van der Waals surface area contributed by atoms with Gasteiger partial charge in [0.15, 0.2) is 0 Å². The first kappa shape index (κ1) is 23.7. The molecule has 0 aromatic heterocycles. The van der Waals surface area contributed by atoms with Crippen LogP contribution in [0.15, 0.2) is 47.4 Å². The number of rotatable bonds is 7. The second-order valence-electron chi connectivity index (χ2n) is 8.87. The molecule has 0 saturated carbocycles. The van der Waals surface area contributed by atoms with Crippen molar-refractivity contribution >= 4 is 27.3 Å². The molecule has 1 amide bonds. The normalized spacial score (nSPS) is 17.7. The summed E-state index contributed by atoms with van der Waals surface area (Å²) in [6.45, 7) is 2.95. The number of piperidine rings is 2. The van der Waals surface area contributed by atoms with E-state index in [1.807, 2.05) is 0 Å². The number of sulfonamides is 1. The zero-order chi connectivity index (χ0) is 23.3. The van der Waals surface area contributed by atoms with Crippen LogP contribution in [0.5, 0.6) is 0 Å². The monoisotopic (exact) mass is 473 g/mol. The molecule has 2 fully saturated rings. The van der Waals surface area contributed by atoms with Crippen molar-refractivity contribution in [1.29, 1.82) is 0 Å². The van der Waals surface area contributed by atoms with Gasteiger partial charge in [0.25, 0.3) is 0 Å². The van der Waals surface area contributed by atoms with E-state index >= 15 is 0 Å².